The molecule has 6 fully saturated rings. The van der Waals surface area contributed by atoms with Crippen molar-refractivity contribution in [3.63, 3.8) is 0 Å². The third-order valence-electron chi connectivity index (χ3n) is 17.8. The molecular formula is C48H74N6. The highest BCUT2D eigenvalue weighted by molar-refractivity contribution is 5.37. The van der Waals surface area contributed by atoms with E-state index in [9.17, 15) is 5.26 Å². The van der Waals surface area contributed by atoms with Crippen LogP contribution in [0.3, 0.4) is 0 Å². The topological polar surface area (TPSA) is 66.4 Å². The molecule has 7 aliphatic carbocycles. The van der Waals surface area contributed by atoms with Gasteiger partial charge in [-0.25, -0.2) is 0 Å². The van der Waals surface area contributed by atoms with Gasteiger partial charge in [0.1, 0.15) is 0 Å². The maximum Gasteiger partial charge on any atom is 0.0672 e. The number of rotatable bonds is 5. The lowest BCUT2D eigenvalue weighted by molar-refractivity contribution is -0.0293. The molecule has 0 aromatic rings. The van der Waals surface area contributed by atoms with E-state index in [1.165, 1.54) is 135 Å². The molecule has 4 saturated carbocycles. The van der Waals surface area contributed by atoms with Gasteiger partial charge in [0, 0.05) is 41.7 Å². The zero-order chi connectivity index (χ0) is 36.3. The van der Waals surface area contributed by atoms with E-state index in [1.807, 2.05) is 5.57 Å². The van der Waals surface area contributed by atoms with Gasteiger partial charge in [0.05, 0.1) is 36.5 Å². The molecule has 6 heteroatoms. The first-order valence-electron chi connectivity index (χ1n) is 23.9. The van der Waals surface area contributed by atoms with Crippen LogP contribution >= 0.6 is 0 Å². The van der Waals surface area contributed by atoms with E-state index in [2.05, 4.69) is 63.9 Å². The number of fused-ring (bicyclic) bond motifs is 5. The molecular weight excluding hydrogens is 661 g/mol. The summed E-state index contributed by atoms with van der Waals surface area (Å²) in [6, 6.07) is 5.62. The molecule has 2 saturated heterocycles. The number of hydrogen-bond donors (Lipinski definition) is 3. The molecule has 13 unspecified atom stereocenters. The monoisotopic (exact) mass is 735 g/mol. The molecule has 0 aromatic carbocycles. The maximum atomic E-state index is 11.4. The van der Waals surface area contributed by atoms with Crippen molar-refractivity contribution in [2.75, 3.05) is 0 Å². The summed E-state index contributed by atoms with van der Waals surface area (Å²) in [5.41, 5.74) is 5.25. The minimum atomic E-state index is 0.0845. The van der Waals surface area contributed by atoms with Crippen molar-refractivity contribution < 1.29 is 0 Å². The van der Waals surface area contributed by atoms with E-state index >= 15 is 0 Å². The average Bonchev–Trinajstić information content (AvgIpc) is 3.75. The van der Waals surface area contributed by atoms with Gasteiger partial charge in [-0.15, -0.1) is 0 Å². The summed E-state index contributed by atoms with van der Waals surface area (Å²) in [6.07, 6.45) is 39.4. The minimum absolute atomic E-state index is 0.0845. The van der Waals surface area contributed by atoms with Gasteiger partial charge in [-0.3, -0.25) is 20.9 Å². The van der Waals surface area contributed by atoms with Gasteiger partial charge in [0.25, 0.3) is 0 Å². The summed E-state index contributed by atoms with van der Waals surface area (Å²) in [6.45, 7) is 5.07. The predicted molar refractivity (Wildman–Crippen MR) is 219 cm³/mol. The fourth-order valence-corrected chi connectivity index (χ4v) is 15.5. The van der Waals surface area contributed by atoms with Crippen LogP contribution in [0.2, 0.25) is 0 Å². The Balaban J connectivity index is 1.06. The summed E-state index contributed by atoms with van der Waals surface area (Å²) >= 11 is 0. The Kier molecular flexibility index (Phi) is 10.6. The van der Waals surface area contributed by atoms with Gasteiger partial charge in [0.15, 0.2) is 0 Å². The van der Waals surface area contributed by atoms with Crippen molar-refractivity contribution in [2.24, 2.45) is 47.3 Å². The lowest BCUT2D eigenvalue weighted by atomic mass is 9.70. The molecule has 0 amide bonds. The molecule has 10 aliphatic rings. The maximum absolute atomic E-state index is 11.4. The van der Waals surface area contributed by atoms with Crippen LogP contribution in [-0.4, -0.2) is 58.5 Å². The zero-order valence-corrected chi connectivity index (χ0v) is 34.1. The molecule has 3 N–H and O–H groups in total. The van der Waals surface area contributed by atoms with Crippen molar-refractivity contribution in [2.45, 2.75) is 210 Å². The van der Waals surface area contributed by atoms with Crippen LogP contribution in [0.5, 0.6) is 0 Å². The number of nitrogens with zero attached hydrogens (tertiary/aromatic N) is 3. The van der Waals surface area contributed by atoms with E-state index in [4.69, 9.17) is 0 Å². The Morgan fingerprint density at radius 1 is 0.667 bits per heavy atom. The first kappa shape index (κ1) is 36.7. The second-order valence-corrected chi connectivity index (χ2v) is 20.5. The fraction of sp³-hybridized carbons (Fsp3) is 0.854. The van der Waals surface area contributed by atoms with E-state index in [0.29, 0.717) is 72.1 Å². The predicted octanol–water partition coefficient (Wildman–Crippen LogP) is 9.52. The fourth-order valence-electron chi connectivity index (χ4n) is 15.5. The highest BCUT2D eigenvalue weighted by Gasteiger charge is 2.58. The Morgan fingerprint density at radius 2 is 1.37 bits per heavy atom. The lowest BCUT2D eigenvalue weighted by Crippen LogP contribution is -2.74. The summed E-state index contributed by atoms with van der Waals surface area (Å²) in [5.74, 6) is 4.88. The molecule has 0 aromatic heterocycles. The van der Waals surface area contributed by atoms with Gasteiger partial charge in [-0.1, -0.05) is 82.1 Å². The SMILES string of the molecule is CC1=CCCC2C3=C(C(C)CCC3)N(C3CC(N4C5C=CCCC5C5CCCCC54)C(C#N)CC3C3NC(C4CCCCC4)NC(C4CCCCC4)N3)C12. The van der Waals surface area contributed by atoms with E-state index < -0.39 is 0 Å². The first-order chi connectivity index (χ1) is 26.6. The molecule has 54 heavy (non-hydrogen) atoms. The summed E-state index contributed by atoms with van der Waals surface area (Å²) < 4.78 is 0. The zero-order valence-electron chi connectivity index (χ0n) is 34.1. The van der Waals surface area contributed by atoms with Crippen molar-refractivity contribution in [3.05, 3.63) is 35.1 Å². The molecule has 0 radical (unpaired) electrons. The minimum Gasteiger partial charge on any atom is -0.364 e. The highest BCUT2D eigenvalue weighted by atomic mass is 15.4. The number of nitriles is 1. The number of allylic oxidation sites excluding steroid dienone is 3. The second-order valence-electron chi connectivity index (χ2n) is 20.5. The largest absolute Gasteiger partial charge is 0.364 e. The normalized spacial score (nSPS) is 46.3. The van der Waals surface area contributed by atoms with Crippen molar-refractivity contribution in [3.8, 4) is 6.07 Å². The van der Waals surface area contributed by atoms with Gasteiger partial charge < -0.3 is 4.90 Å². The van der Waals surface area contributed by atoms with Crippen molar-refractivity contribution in [1.29, 1.82) is 5.26 Å². The third kappa shape index (κ3) is 6.41. The summed E-state index contributed by atoms with van der Waals surface area (Å²) in [5, 5.41) is 24.4. The van der Waals surface area contributed by atoms with Gasteiger partial charge in [0.2, 0.25) is 0 Å². The Bertz CT molecular complexity index is 1450. The van der Waals surface area contributed by atoms with Gasteiger partial charge >= 0.3 is 0 Å². The lowest BCUT2D eigenvalue weighted by Gasteiger charge is -2.56. The van der Waals surface area contributed by atoms with Crippen LogP contribution < -0.4 is 16.0 Å². The van der Waals surface area contributed by atoms with E-state index in [0.717, 1.165) is 24.7 Å². The third-order valence-corrected chi connectivity index (χ3v) is 17.8. The number of hydrogen-bond acceptors (Lipinski definition) is 6. The van der Waals surface area contributed by atoms with E-state index in [-0.39, 0.29) is 12.1 Å². The van der Waals surface area contributed by atoms with Crippen LogP contribution in [-0.2, 0) is 0 Å². The molecule has 10 rings (SSSR count). The van der Waals surface area contributed by atoms with E-state index in [1.54, 1.807) is 11.3 Å². The molecule has 0 bridgehead atoms. The molecule has 0 spiro atoms. The molecule has 13 atom stereocenters. The Labute approximate surface area is 328 Å². The average molecular weight is 735 g/mol. The smallest absolute Gasteiger partial charge is 0.0672 e. The summed E-state index contributed by atoms with van der Waals surface area (Å²) in [4.78, 5) is 6.19. The van der Waals surface area contributed by atoms with Crippen LogP contribution in [0.4, 0.5) is 0 Å². The van der Waals surface area contributed by atoms with Gasteiger partial charge in [-0.2, -0.15) is 5.26 Å². The first-order valence-corrected chi connectivity index (χ1v) is 23.9. The molecule has 296 valence electrons. The van der Waals surface area contributed by atoms with Crippen LogP contribution in [0.15, 0.2) is 35.1 Å². The number of likely N-dealkylation sites (tertiary alicyclic amines) is 1. The second kappa shape index (κ2) is 15.6. The van der Waals surface area contributed by atoms with Crippen molar-refractivity contribution in [1.82, 2.24) is 25.8 Å². The summed E-state index contributed by atoms with van der Waals surface area (Å²) in [7, 11) is 0. The molecule has 3 heterocycles. The standard InChI is InChI=1S/C48H74N6/c1-30-15-13-23-37-38-24-14-16-31(2)45(38)54(44(30)37)43-28-42(53-40-25-11-9-21-35(40)36-22-10-12-26-41(36)53)34(29-49)27-39(43)48-51-46(32-17-5-3-6-18-32)50-47(52-48)33-19-7-4-8-20-33/h11,15,25,31-37,39-44,46-48,50-52H,3-10,12-14,16-24,26-28H2,1-2H3. The molecule has 3 aliphatic heterocycles. The highest BCUT2D eigenvalue weighted by Crippen LogP contribution is 2.56. The Hall–Kier alpha value is -1.65. The number of nitrogens with one attached hydrogen (secondary N) is 3. The Morgan fingerprint density at radius 3 is 2.11 bits per heavy atom. The molecule has 6 nitrogen and oxygen atoms in total. The van der Waals surface area contributed by atoms with Crippen LogP contribution in [0.25, 0.3) is 0 Å². The van der Waals surface area contributed by atoms with Crippen LogP contribution in [0, 0.1) is 58.7 Å². The van der Waals surface area contributed by atoms with Gasteiger partial charge in [-0.05, 0) is 138 Å². The quantitative estimate of drug-likeness (QED) is 0.245. The van der Waals surface area contributed by atoms with Crippen molar-refractivity contribution >= 4 is 0 Å². The van der Waals surface area contributed by atoms with Crippen LogP contribution in [0.1, 0.15) is 162 Å².